The zero-order chi connectivity index (χ0) is 17.3. The van der Waals surface area contributed by atoms with Crippen LogP contribution < -0.4 is 0 Å². The monoisotopic (exact) mass is 333 g/mol. The lowest BCUT2D eigenvalue weighted by Crippen LogP contribution is -2.04. The van der Waals surface area contributed by atoms with Crippen molar-refractivity contribution in [2.75, 3.05) is 0 Å². The third kappa shape index (κ3) is 2.41. The molecule has 1 nitrogen and oxygen atoms in total. The molecule has 0 saturated carbocycles. The Morgan fingerprint density at radius 3 is 1.77 bits per heavy atom. The van der Waals surface area contributed by atoms with E-state index in [9.17, 15) is 0 Å². The third-order valence-electron chi connectivity index (χ3n) is 5.15. The minimum Gasteiger partial charge on any atom is -0.354 e. The molecule has 124 valence electrons. The van der Waals surface area contributed by atoms with Crippen molar-refractivity contribution in [1.29, 1.82) is 0 Å². The van der Waals surface area contributed by atoms with Gasteiger partial charge in [-0.2, -0.15) is 0 Å². The molecule has 0 aliphatic rings. The fraction of sp³-hybridized carbons (Fsp3) is 0.0400. The molecule has 26 heavy (non-hydrogen) atoms. The predicted molar refractivity (Wildman–Crippen MR) is 110 cm³/mol. The zero-order valence-electron chi connectivity index (χ0n) is 14.4. The second-order valence-electron chi connectivity index (χ2n) is 6.69. The molecule has 1 heterocycles. The standard InChI is InChI=1S/C25H19N/c1-3-10-18(11-4-1)24(19-12-5-2-6-13-19)22-16-9-15-21-20-14-7-8-17-23(20)26-25(21)22/h1-17,24,26H. The molecule has 5 rings (SSSR count). The molecule has 0 unspecified atom stereocenters. The Balaban J connectivity index is 1.82. The summed E-state index contributed by atoms with van der Waals surface area (Å²) in [5.41, 5.74) is 6.35. The lowest BCUT2D eigenvalue weighted by atomic mass is 9.84. The highest BCUT2D eigenvalue weighted by Gasteiger charge is 2.20. The van der Waals surface area contributed by atoms with Crippen molar-refractivity contribution in [2.24, 2.45) is 0 Å². The summed E-state index contributed by atoms with van der Waals surface area (Å²) < 4.78 is 0. The highest BCUT2D eigenvalue weighted by Crippen LogP contribution is 2.37. The number of H-pyrrole nitrogens is 1. The van der Waals surface area contributed by atoms with Gasteiger partial charge in [-0.3, -0.25) is 0 Å². The van der Waals surface area contributed by atoms with Gasteiger partial charge in [0.25, 0.3) is 0 Å². The van der Waals surface area contributed by atoms with Gasteiger partial charge in [-0.05, 0) is 22.8 Å². The molecular weight excluding hydrogens is 314 g/mol. The molecule has 4 aromatic carbocycles. The Hall–Kier alpha value is -3.32. The molecule has 0 atom stereocenters. The zero-order valence-corrected chi connectivity index (χ0v) is 14.4. The van der Waals surface area contributed by atoms with E-state index >= 15 is 0 Å². The molecule has 0 aliphatic carbocycles. The number of hydrogen-bond donors (Lipinski definition) is 1. The van der Waals surface area contributed by atoms with Gasteiger partial charge in [-0.1, -0.05) is 97.1 Å². The van der Waals surface area contributed by atoms with Gasteiger partial charge in [0, 0.05) is 22.2 Å². The summed E-state index contributed by atoms with van der Waals surface area (Å²) in [6.07, 6.45) is 0. The molecule has 0 amide bonds. The molecular formula is C25H19N. The fourth-order valence-corrected chi connectivity index (χ4v) is 3.98. The Morgan fingerprint density at radius 2 is 1.08 bits per heavy atom. The number of rotatable bonds is 3. The van der Waals surface area contributed by atoms with Gasteiger partial charge < -0.3 is 4.98 Å². The molecule has 0 fully saturated rings. The fourth-order valence-electron chi connectivity index (χ4n) is 3.98. The second-order valence-corrected chi connectivity index (χ2v) is 6.69. The van der Waals surface area contributed by atoms with Crippen LogP contribution in [-0.2, 0) is 0 Å². The molecule has 0 saturated heterocycles. The van der Waals surface area contributed by atoms with Crippen LogP contribution >= 0.6 is 0 Å². The van der Waals surface area contributed by atoms with Crippen LogP contribution in [0.5, 0.6) is 0 Å². The number of para-hydroxylation sites is 2. The first-order valence-electron chi connectivity index (χ1n) is 9.01. The highest BCUT2D eigenvalue weighted by molar-refractivity contribution is 6.08. The minimum absolute atomic E-state index is 0.203. The van der Waals surface area contributed by atoms with Crippen LogP contribution in [0.1, 0.15) is 22.6 Å². The first-order valence-corrected chi connectivity index (χ1v) is 9.01. The Labute approximate surface area is 152 Å². The van der Waals surface area contributed by atoms with Crippen molar-refractivity contribution < 1.29 is 0 Å². The summed E-state index contributed by atoms with van der Waals surface area (Å²) in [5.74, 6) is 0.203. The minimum atomic E-state index is 0.203. The number of aromatic nitrogens is 1. The second kappa shape index (κ2) is 6.20. The van der Waals surface area contributed by atoms with Crippen molar-refractivity contribution in [3.63, 3.8) is 0 Å². The molecule has 0 spiro atoms. The summed E-state index contributed by atoms with van der Waals surface area (Å²) in [4.78, 5) is 3.67. The van der Waals surface area contributed by atoms with Crippen LogP contribution in [0, 0.1) is 0 Å². The normalized spacial score (nSPS) is 11.4. The Bertz CT molecular complexity index is 1130. The summed E-state index contributed by atoms with van der Waals surface area (Å²) in [6.45, 7) is 0. The van der Waals surface area contributed by atoms with E-state index < -0.39 is 0 Å². The van der Waals surface area contributed by atoms with Crippen molar-refractivity contribution in [1.82, 2.24) is 4.98 Å². The molecule has 1 N–H and O–H groups in total. The molecule has 0 bridgehead atoms. The van der Waals surface area contributed by atoms with E-state index in [0.717, 1.165) is 0 Å². The van der Waals surface area contributed by atoms with E-state index in [1.165, 1.54) is 38.5 Å². The Morgan fingerprint density at radius 1 is 0.500 bits per heavy atom. The van der Waals surface area contributed by atoms with Gasteiger partial charge in [0.2, 0.25) is 0 Å². The van der Waals surface area contributed by atoms with Crippen LogP contribution in [0.25, 0.3) is 21.8 Å². The maximum absolute atomic E-state index is 3.67. The number of benzene rings is 4. The summed E-state index contributed by atoms with van der Waals surface area (Å²) in [6, 6.07) is 36.7. The van der Waals surface area contributed by atoms with Crippen LogP contribution in [0.15, 0.2) is 103 Å². The maximum atomic E-state index is 3.67. The van der Waals surface area contributed by atoms with Gasteiger partial charge in [0.1, 0.15) is 0 Å². The van der Waals surface area contributed by atoms with E-state index in [4.69, 9.17) is 0 Å². The van der Waals surface area contributed by atoms with Crippen molar-refractivity contribution in [3.05, 3.63) is 120 Å². The smallest absolute Gasteiger partial charge is 0.0507 e. The molecule has 1 aromatic heterocycles. The van der Waals surface area contributed by atoms with Crippen LogP contribution in [0.3, 0.4) is 0 Å². The van der Waals surface area contributed by atoms with Crippen molar-refractivity contribution in [3.8, 4) is 0 Å². The average Bonchev–Trinajstić information content (AvgIpc) is 3.10. The molecule has 5 aromatic rings. The average molecular weight is 333 g/mol. The number of fused-ring (bicyclic) bond motifs is 3. The summed E-state index contributed by atoms with van der Waals surface area (Å²) >= 11 is 0. The quantitative estimate of drug-likeness (QED) is 0.363. The number of hydrogen-bond acceptors (Lipinski definition) is 0. The third-order valence-corrected chi connectivity index (χ3v) is 5.15. The first kappa shape index (κ1) is 15.0. The van der Waals surface area contributed by atoms with Crippen molar-refractivity contribution in [2.45, 2.75) is 5.92 Å². The van der Waals surface area contributed by atoms with Gasteiger partial charge in [0.05, 0.1) is 5.52 Å². The molecule has 0 aliphatic heterocycles. The van der Waals surface area contributed by atoms with E-state index in [1.807, 2.05) is 0 Å². The van der Waals surface area contributed by atoms with Crippen LogP contribution in [0.2, 0.25) is 0 Å². The van der Waals surface area contributed by atoms with Crippen LogP contribution in [0.4, 0.5) is 0 Å². The molecule has 1 heteroatoms. The van der Waals surface area contributed by atoms with E-state index in [1.54, 1.807) is 0 Å². The van der Waals surface area contributed by atoms with Gasteiger partial charge in [-0.25, -0.2) is 0 Å². The maximum Gasteiger partial charge on any atom is 0.0507 e. The number of nitrogens with one attached hydrogen (secondary N) is 1. The predicted octanol–water partition coefficient (Wildman–Crippen LogP) is 6.50. The SMILES string of the molecule is c1ccc(C(c2ccccc2)c2cccc3c2[nH]c2ccccc23)cc1. The van der Waals surface area contributed by atoms with Gasteiger partial charge >= 0.3 is 0 Å². The van der Waals surface area contributed by atoms with E-state index in [0.29, 0.717) is 0 Å². The number of aromatic amines is 1. The van der Waals surface area contributed by atoms with E-state index in [2.05, 4.69) is 108 Å². The molecule has 0 radical (unpaired) electrons. The first-order chi connectivity index (χ1) is 12.9. The lowest BCUT2D eigenvalue weighted by Gasteiger charge is -2.19. The Kier molecular flexibility index (Phi) is 3.57. The largest absolute Gasteiger partial charge is 0.354 e. The van der Waals surface area contributed by atoms with Crippen molar-refractivity contribution >= 4 is 21.8 Å². The lowest BCUT2D eigenvalue weighted by molar-refractivity contribution is 0.985. The topological polar surface area (TPSA) is 15.8 Å². The summed E-state index contributed by atoms with van der Waals surface area (Å²) in [5, 5.41) is 2.57. The highest BCUT2D eigenvalue weighted by atomic mass is 14.7. The van der Waals surface area contributed by atoms with E-state index in [-0.39, 0.29) is 5.92 Å². The summed E-state index contributed by atoms with van der Waals surface area (Å²) in [7, 11) is 0. The van der Waals surface area contributed by atoms with Crippen LogP contribution in [-0.4, -0.2) is 4.98 Å². The van der Waals surface area contributed by atoms with Gasteiger partial charge in [0.15, 0.2) is 0 Å². The van der Waals surface area contributed by atoms with Gasteiger partial charge in [-0.15, -0.1) is 0 Å².